The smallest absolute Gasteiger partial charge is 0.201 e. The molecule has 0 heterocycles. The Morgan fingerprint density at radius 3 is 0.767 bits per heavy atom. The number of anilines is 3. The first-order valence-electron chi connectivity index (χ1n) is 29.7. The number of nitrogens with zero attached hydrogens (tertiary/aromatic N) is 1. The number of ether oxygens (including phenoxy) is 3. The third kappa shape index (κ3) is 32.4. The van der Waals surface area contributed by atoms with Gasteiger partial charge in [-0.25, -0.2) is 0 Å². The maximum atomic E-state index is 13.1. The van der Waals surface area contributed by atoms with Crippen molar-refractivity contribution in [2.45, 2.75) is 213 Å². The lowest BCUT2D eigenvalue weighted by atomic mass is 10.1. The van der Waals surface area contributed by atoms with Gasteiger partial charge in [-0.05, 0) is 92.1 Å². The van der Waals surface area contributed by atoms with E-state index in [4.69, 9.17) is 14.2 Å². The topological polar surface area (TPSA) is 118 Å². The fraction of sp³-hybridized carbons (Fsp3) is 0.667. The SMILES string of the molecule is CCCCCCCCCCCCOc1ccc(NCCN(CCNc2ccc(OCCCCCCCCCCCC)ccc2=O)CCNc2ccc(OCCCCCCCCCCCC)ccc2=O)c(=O)cc1. The molecule has 0 spiro atoms. The van der Waals surface area contributed by atoms with Crippen LogP contribution in [0.5, 0.6) is 17.2 Å². The molecular formula is C63H102N4O6. The van der Waals surface area contributed by atoms with Crippen molar-refractivity contribution in [3.8, 4) is 17.2 Å². The fourth-order valence-electron chi connectivity index (χ4n) is 9.10. The average Bonchev–Trinajstić information content (AvgIpc) is 3.78. The first kappa shape index (κ1) is 62.7. The Kier molecular flexibility index (Phi) is 37.6. The van der Waals surface area contributed by atoms with E-state index in [0.29, 0.717) is 93.4 Å². The highest BCUT2D eigenvalue weighted by molar-refractivity contribution is 5.46. The van der Waals surface area contributed by atoms with Gasteiger partial charge >= 0.3 is 0 Å². The highest BCUT2D eigenvalue weighted by Crippen LogP contribution is 2.17. The molecule has 0 bridgehead atoms. The lowest BCUT2D eigenvalue weighted by Crippen LogP contribution is -2.37. The largest absolute Gasteiger partial charge is 0.494 e. The summed E-state index contributed by atoms with van der Waals surface area (Å²) in [7, 11) is 0. The summed E-state index contributed by atoms with van der Waals surface area (Å²) in [5.41, 5.74) is 1.26. The molecule has 410 valence electrons. The van der Waals surface area contributed by atoms with E-state index in [9.17, 15) is 14.4 Å². The predicted molar refractivity (Wildman–Crippen MR) is 312 cm³/mol. The Morgan fingerprint density at radius 2 is 0.521 bits per heavy atom. The van der Waals surface area contributed by atoms with Crippen LogP contribution >= 0.6 is 0 Å². The zero-order chi connectivity index (χ0) is 52.1. The standard InChI is InChI=1S/C63H102N4O6/c1-4-7-10-13-16-19-22-25-28-31-52-71-55-34-40-58(61(68)43-37-55)64-46-49-67(50-47-65-59-41-35-56(38-44-62(59)69)72-53-32-29-26-23-20-17-14-11-8-5-2)51-48-66-60-42-36-57(39-45-63(60)70)73-54-33-30-27-24-21-18-15-12-9-6-3/h34-45H,4-33,46-54H2,1-3H3,(H,64,68)(H,65,69)(H,66,70). The van der Waals surface area contributed by atoms with Gasteiger partial charge in [0.25, 0.3) is 0 Å². The van der Waals surface area contributed by atoms with Crippen LogP contribution < -0.4 is 46.4 Å². The van der Waals surface area contributed by atoms with E-state index in [-0.39, 0.29) is 16.3 Å². The predicted octanol–water partition coefficient (Wildman–Crippen LogP) is 15.6. The molecule has 0 aromatic heterocycles. The van der Waals surface area contributed by atoms with Crippen LogP contribution in [0.25, 0.3) is 0 Å². The van der Waals surface area contributed by atoms with E-state index in [2.05, 4.69) is 41.6 Å². The Morgan fingerprint density at radius 1 is 0.301 bits per heavy atom. The Labute approximate surface area is 443 Å². The van der Waals surface area contributed by atoms with Crippen LogP contribution in [0.3, 0.4) is 0 Å². The van der Waals surface area contributed by atoms with Crippen LogP contribution in [-0.2, 0) is 0 Å². The zero-order valence-electron chi connectivity index (χ0n) is 46.4. The van der Waals surface area contributed by atoms with Gasteiger partial charge in [0.2, 0.25) is 16.3 Å². The summed E-state index contributed by atoms with van der Waals surface area (Å²) < 4.78 is 18.1. The van der Waals surface area contributed by atoms with Crippen molar-refractivity contribution in [1.82, 2.24) is 4.90 Å². The van der Waals surface area contributed by atoms with E-state index >= 15 is 0 Å². The highest BCUT2D eigenvalue weighted by atomic mass is 16.5. The molecular weight excluding hydrogens is 909 g/mol. The van der Waals surface area contributed by atoms with Gasteiger partial charge in [-0.15, -0.1) is 0 Å². The van der Waals surface area contributed by atoms with Crippen LogP contribution in [0, 0.1) is 0 Å². The molecule has 0 unspecified atom stereocenters. The van der Waals surface area contributed by atoms with E-state index < -0.39 is 0 Å². The molecule has 0 radical (unpaired) electrons. The van der Waals surface area contributed by atoms with Gasteiger partial charge in [0, 0.05) is 39.3 Å². The van der Waals surface area contributed by atoms with E-state index in [1.165, 1.54) is 154 Å². The van der Waals surface area contributed by atoms with E-state index in [0.717, 1.165) is 38.5 Å². The van der Waals surface area contributed by atoms with Crippen molar-refractivity contribution in [3.05, 3.63) is 103 Å². The zero-order valence-corrected chi connectivity index (χ0v) is 46.4. The summed E-state index contributed by atoms with van der Waals surface area (Å²) >= 11 is 0. The summed E-state index contributed by atoms with van der Waals surface area (Å²) in [5.74, 6) is 2.08. The number of hydrogen-bond acceptors (Lipinski definition) is 10. The van der Waals surface area contributed by atoms with Crippen molar-refractivity contribution in [1.29, 1.82) is 0 Å². The molecule has 10 heteroatoms. The van der Waals surface area contributed by atoms with Crippen LogP contribution in [0.2, 0.25) is 0 Å². The minimum atomic E-state index is -0.0952. The van der Waals surface area contributed by atoms with Gasteiger partial charge in [-0.2, -0.15) is 0 Å². The van der Waals surface area contributed by atoms with Crippen LogP contribution in [0.1, 0.15) is 213 Å². The summed E-state index contributed by atoms with van der Waals surface area (Å²) in [6.45, 7) is 12.1. The normalized spacial score (nSPS) is 11.2. The molecule has 0 atom stereocenters. The van der Waals surface area contributed by atoms with Crippen LogP contribution in [0.4, 0.5) is 17.1 Å². The van der Waals surface area contributed by atoms with Gasteiger partial charge in [0.05, 0.1) is 36.9 Å². The molecule has 10 nitrogen and oxygen atoms in total. The Balaban J connectivity index is 1.51. The summed E-state index contributed by atoms with van der Waals surface area (Å²) in [4.78, 5) is 41.6. The molecule has 0 aliphatic carbocycles. The lowest BCUT2D eigenvalue weighted by molar-refractivity contribution is 0.304. The maximum absolute atomic E-state index is 13.1. The second-order valence-electron chi connectivity index (χ2n) is 20.3. The molecule has 73 heavy (non-hydrogen) atoms. The number of nitrogens with one attached hydrogen (secondary N) is 3. The van der Waals surface area contributed by atoms with Crippen molar-refractivity contribution in [2.75, 3.05) is 75.0 Å². The molecule has 0 aliphatic heterocycles. The van der Waals surface area contributed by atoms with Gasteiger partial charge in [0.1, 0.15) is 17.2 Å². The van der Waals surface area contributed by atoms with Crippen molar-refractivity contribution >= 4 is 17.1 Å². The molecule has 0 aliphatic rings. The third-order valence-electron chi connectivity index (χ3n) is 13.8. The number of hydrogen-bond donors (Lipinski definition) is 3. The minimum Gasteiger partial charge on any atom is -0.494 e. The highest BCUT2D eigenvalue weighted by Gasteiger charge is 2.09. The second kappa shape index (κ2) is 43.8. The average molecular weight is 1010 g/mol. The van der Waals surface area contributed by atoms with E-state index in [1.807, 2.05) is 36.4 Å². The summed E-state index contributed by atoms with van der Waals surface area (Å²) in [6.07, 6.45) is 38.2. The molecule has 0 saturated carbocycles. The molecule has 3 N–H and O–H groups in total. The van der Waals surface area contributed by atoms with Crippen LogP contribution in [-0.4, -0.2) is 64.0 Å². The summed E-state index contributed by atoms with van der Waals surface area (Å²) in [5, 5.41) is 10.1. The first-order valence-corrected chi connectivity index (χ1v) is 29.7. The van der Waals surface area contributed by atoms with Gasteiger partial charge in [-0.1, -0.05) is 194 Å². The fourth-order valence-corrected chi connectivity index (χ4v) is 9.10. The van der Waals surface area contributed by atoms with E-state index in [1.54, 1.807) is 36.4 Å². The summed E-state index contributed by atoms with van der Waals surface area (Å²) in [6, 6.07) is 21.0. The molecule has 3 rings (SSSR count). The monoisotopic (exact) mass is 1010 g/mol. The molecule has 0 saturated heterocycles. The van der Waals surface area contributed by atoms with Gasteiger partial charge in [0.15, 0.2) is 0 Å². The Bertz CT molecular complexity index is 1780. The number of unbranched alkanes of at least 4 members (excludes halogenated alkanes) is 27. The second-order valence-corrected chi connectivity index (χ2v) is 20.3. The lowest BCUT2D eigenvalue weighted by Gasteiger charge is -2.23. The Hall–Kier alpha value is -4.57. The van der Waals surface area contributed by atoms with Crippen molar-refractivity contribution in [2.24, 2.45) is 0 Å². The van der Waals surface area contributed by atoms with Crippen LogP contribution in [0.15, 0.2) is 87.2 Å². The molecule has 3 aromatic carbocycles. The molecule has 3 aromatic rings. The van der Waals surface area contributed by atoms with Crippen molar-refractivity contribution in [3.63, 3.8) is 0 Å². The minimum absolute atomic E-state index is 0.0952. The quantitative estimate of drug-likeness (QED) is 0.0472. The third-order valence-corrected chi connectivity index (χ3v) is 13.8. The van der Waals surface area contributed by atoms with Gasteiger partial charge in [-0.3, -0.25) is 19.3 Å². The molecule has 0 fully saturated rings. The van der Waals surface area contributed by atoms with Crippen molar-refractivity contribution < 1.29 is 14.2 Å². The maximum Gasteiger partial charge on any atom is 0.201 e. The first-order chi connectivity index (χ1) is 35.9. The number of rotatable bonds is 48. The van der Waals surface area contributed by atoms with Gasteiger partial charge < -0.3 is 30.2 Å². The molecule has 0 amide bonds.